The molecule has 0 atom stereocenters. The lowest BCUT2D eigenvalue weighted by atomic mass is 9.78. The number of carbonyl (C=O) groups is 1. The molecule has 1 aromatic carbocycles. The van der Waals surface area contributed by atoms with Crippen molar-refractivity contribution in [2.45, 2.75) is 46.0 Å². The van der Waals surface area contributed by atoms with E-state index in [-0.39, 0.29) is 11.3 Å². The van der Waals surface area contributed by atoms with E-state index >= 15 is 0 Å². The fourth-order valence-electron chi connectivity index (χ4n) is 3.48. The van der Waals surface area contributed by atoms with E-state index in [1.54, 1.807) is 12.1 Å². The van der Waals surface area contributed by atoms with Crippen molar-refractivity contribution in [3.8, 4) is 0 Å². The molecule has 1 saturated carbocycles. The molecule has 0 unspecified atom stereocenters. The van der Waals surface area contributed by atoms with Crippen LogP contribution in [0.15, 0.2) is 22.7 Å². The van der Waals surface area contributed by atoms with Gasteiger partial charge in [0.25, 0.3) is 5.91 Å². The maximum absolute atomic E-state index is 12.4. The summed E-state index contributed by atoms with van der Waals surface area (Å²) in [7, 11) is 0. The van der Waals surface area contributed by atoms with E-state index in [2.05, 4.69) is 35.1 Å². The number of hydrogen-bond acceptors (Lipinski definition) is 1. The van der Waals surface area contributed by atoms with Gasteiger partial charge in [-0.15, -0.1) is 0 Å². The van der Waals surface area contributed by atoms with Gasteiger partial charge in [-0.05, 0) is 48.8 Å². The van der Waals surface area contributed by atoms with E-state index in [9.17, 15) is 4.79 Å². The van der Waals surface area contributed by atoms with E-state index in [1.165, 1.54) is 32.1 Å². The summed E-state index contributed by atoms with van der Waals surface area (Å²) >= 11 is 9.51. The molecule has 1 N–H and O–H groups in total. The van der Waals surface area contributed by atoms with E-state index in [0.717, 1.165) is 11.0 Å². The lowest BCUT2D eigenvalue weighted by molar-refractivity contribution is 0.0922. The average molecular weight is 373 g/mol. The van der Waals surface area contributed by atoms with Crippen molar-refractivity contribution in [2.24, 2.45) is 11.3 Å². The third-order valence-corrected chi connectivity index (χ3v) is 5.13. The first-order valence-corrected chi connectivity index (χ1v) is 8.82. The highest BCUT2D eigenvalue weighted by Crippen LogP contribution is 2.42. The molecule has 4 heteroatoms. The van der Waals surface area contributed by atoms with Gasteiger partial charge in [0, 0.05) is 11.0 Å². The second-order valence-corrected chi connectivity index (χ2v) is 7.93. The largest absolute Gasteiger partial charge is 0.351 e. The molecular weight excluding hydrogens is 350 g/mol. The van der Waals surface area contributed by atoms with Crippen molar-refractivity contribution in [3.05, 3.63) is 33.3 Å². The van der Waals surface area contributed by atoms with Crippen LogP contribution in [0.5, 0.6) is 0 Å². The van der Waals surface area contributed by atoms with Crippen LogP contribution in [0.4, 0.5) is 0 Å². The number of amides is 1. The van der Waals surface area contributed by atoms with Gasteiger partial charge in [-0.2, -0.15) is 0 Å². The molecule has 0 aromatic heterocycles. The molecule has 1 aliphatic rings. The molecule has 0 saturated heterocycles. The zero-order valence-corrected chi connectivity index (χ0v) is 15.1. The normalized spacial score (nSPS) is 17.2. The molecule has 2 nitrogen and oxygen atoms in total. The molecule has 0 spiro atoms. The summed E-state index contributed by atoms with van der Waals surface area (Å²) in [5.74, 6) is 0.589. The third-order valence-electron chi connectivity index (χ3n) is 4.30. The highest BCUT2D eigenvalue weighted by Gasteiger charge is 2.34. The molecule has 21 heavy (non-hydrogen) atoms. The Morgan fingerprint density at radius 1 is 1.38 bits per heavy atom. The van der Waals surface area contributed by atoms with Crippen molar-refractivity contribution in [3.63, 3.8) is 0 Å². The van der Waals surface area contributed by atoms with E-state index in [0.29, 0.717) is 16.5 Å². The van der Waals surface area contributed by atoms with Gasteiger partial charge in [0.05, 0.1) is 10.6 Å². The predicted molar refractivity (Wildman–Crippen MR) is 91.8 cm³/mol. The third kappa shape index (κ3) is 4.46. The zero-order valence-electron chi connectivity index (χ0n) is 12.7. The van der Waals surface area contributed by atoms with Gasteiger partial charge < -0.3 is 5.32 Å². The molecule has 1 fully saturated rings. The first-order chi connectivity index (χ1) is 9.92. The Morgan fingerprint density at radius 3 is 2.67 bits per heavy atom. The molecule has 116 valence electrons. The monoisotopic (exact) mass is 371 g/mol. The Balaban J connectivity index is 2.03. The van der Waals surface area contributed by atoms with Gasteiger partial charge in [-0.1, -0.05) is 54.2 Å². The molecule has 0 heterocycles. The summed E-state index contributed by atoms with van der Waals surface area (Å²) in [6.07, 6.45) is 6.18. The highest BCUT2D eigenvalue weighted by molar-refractivity contribution is 9.10. The Morgan fingerprint density at radius 2 is 2.05 bits per heavy atom. The quantitative estimate of drug-likeness (QED) is 0.732. The van der Waals surface area contributed by atoms with Gasteiger partial charge in [-0.3, -0.25) is 4.79 Å². The van der Waals surface area contributed by atoms with Gasteiger partial charge in [0.1, 0.15) is 0 Å². The minimum absolute atomic E-state index is 0.0728. The second kappa shape index (κ2) is 7.15. The summed E-state index contributed by atoms with van der Waals surface area (Å²) in [6.45, 7) is 5.27. The predicted octanol–water partition coefficient (Wildman–Crippen LogP) is 5.44. The van der Waals surface area contributed by atoms with Crippen LogP contribution < -0.4 is 5.32 Å². The topological polar surface area (TPSA) is 29.1 Å². The van der Waals surface area contributed by atoms with Crippen molar-refractivity contribution in [1.82, 2.24) is 5.32 Å². The molecule has 0 bridgehead atoms. The number of halogens is 2. The van der Waals surface area contributed by atoms with Crippen LogP contribution in [0.3, 0.4) is 0 Å². The Kier molecular flexibility index (Phi) is 5.73. The number of benzene rings is 1. The standard InChI is InChI=1S/C17H23BrClNO/c1-12(2)10-17(7-3-4-8-17)11-20-16(21)14-9-13(18)5-6-15(14)19/h5-6,9,12H,3-4,7-8,10-11H2,1-2H3,(H,20,21). The fraction of sp³-hybridized carbons (Fsp3) is 0.588. The van der Waals surface area contributed by atoms with Crippen molar-refractivity contribution in [1.29, 1.82) is 0 Å². The molecule has 1 aliphatic carbocycles. The number of rotatable bonds is 5. The van der Waals surface area contributed by atoms with Gasteiger partial charge in [-0.25, -0.2) is 0 Å². The maximum atomic E-state index is 12.4. The number of hydrogen-bond donors (Lipinski definition) is 1. The molecule has 0 aliphatic heterocycles. The summed E-state index contributed by atoms with van der Waals surface area (Å²) in [4.78, 5) is 12.4. The van der Waals surface area contributed by atoms with Crippen molar-refractivity contribution >= 4 is 33.4 Å². The Hall–Kier alpha value is -0.540. The van der Waals surface area contributed by atoms with Crippen molar-refractivity contribution in [2.75, 3.05) is 6.54 Å². The molecule has 0 radical (unpaired) electrons. The van der Waals surface area contributed by atoms with Crippen LogP contribution >= 0.6 is 27.5 Å². The molecule has 1 aromatic rings. The van der Waals surface area contributed by atoms with Gasteiger partial charge >= 0.3 is 0 Å². The fourth-order valence-corrected chi connectivity index (χ4v) is 4.04. The molecule has 2 rings (SSSR count). The van der Waals surface area contributed by atoms with Crippen molar-refractivity contribution < 1.29 is 4.79 Å². The smallest absolute Gasteiger partial charge is 0.252 e. The van der Waals surface area contributed by atoms with Crippen LogP contribution in [0.1, 0.15) is 56.3 Å². The van der Waals surface area contributed by atoms with Crippen LogP contribution in [0, 0.1) is 11.3 Å². The van der Waals surface area contributed by atoms with Gasteiger partial charge in [0.15, 0.2) is 0 Å². The molecular formula is C17H23BrClNO. The van der Waals surface area contributed by atoms with E-state index in [4.69, 9.17) is 11.6 Å². The second-order valence-electron chi connectivity index (χ2n) is 6.61. The van der Waals surface area contributed by atoms with E-state index < -0.39 is 0 Å². The maximum Gasteiger partial charge on any atom is 0.252 e. The lowest BCUT2D eigenvalue weighted by Gasteiger charge is -2.31. The SMILES string of the molecule is CC(C)CC1(CNC(=O)c2cc(Br)ccc2Cl)CCCC1. The summed E-state index contributed by atoms with van der Waals surface area (Å²) in [5.41, 5.74) is 0.825. The van der Waals surface area contributed by atoms with Gasteiger partial charge in [0.2, 0.25) is 0 Å². The summed E-state index contributed by atoms with van der Waals surface area (Å²) < 4.78 is 0.870. The van der Waals surface area contributed by atoms with Crippen LogP contribution in [-0.2, 0) is 0 Å². The van der Waals surface area contributed by atoms with E-state index in [1.807, 2.05) is 6.07 Å². The highest BCUT2D eigenvalue weighted by atomic mass is 79.9. The summed E-state index contributed by atoms with van der Waals surface area (Å²) in [6, 6.07) is 5.37. The number of carbonyl (C=O) groups excluding carboxylic acids is 1. The lowest BCUT2D eigenvalue weighted by Crippen LogP contribution is -2.37. The first-order valence-electron chi connectivity index (χ1n) is 7.65. The van der Waals surface area contributed by atoms with Crippen LogP contribution in [-0.4, -0.2) is 12.5 Å². The average Bonchev–Trinajstić information content (AvgIpc) is 2.87. The number of nitrogens with one attached hydrogen (secondary N) is 1. The summed E-state index contributed by atoms with van der Waals surface area (Å²) in [5, 5.41) is 3.61. The minimum Gasteiger partial charge on any atom is -0.351 e. The zero-order chi connectivity index (χ0) is 15.5. The Labute approximate surface area is 140 Å². The van der Waals surface area contributed by atoms with Crippen LogP contribution in [0.2, 0.25) is 5.02 Å². The van der Waals surface area contributed by atoms with Crippen LogP contribution in [0.25, 0.3) is 0 Å². The Bertz CT molecular complexity index is 510. The first kappa shape index (κ1) is 16.8. The molecule has 1 amide bonds. The minimum atomic E-state index is -0.0728.